The summed E-state index contributed by atoms with van der Waals surface area (Å²) in [5.74, 6) is -0.752. The number of nitrogens with one attached hydrogen (secondary N) is 2. The van der Waals surface area contributed by atoms with Gasteiger partial charge in [-0.25, -0.2) is 8.42 Å². The largest absolute Gasteiger partial charge is 0.349 e. The number of hydrogen-bond acceptors (Lipinski definition) is 4. The number of benzene rings is 2. The highest BCUT2D eigenvalue weighted by molar-refractivity contribution is 7.89. The lowest BCUT2D eigenvalue weighted by atomic mass is 9.95. The van der Waals surface area contributed by atoms with Gasteiger partial charge in [0.15, 0.2) is 0 Å². The lowest BCUT2D eigenvalue weighted by Gasteiger charge is -2.23. The zero-order valence-corrected chi connectivity index (χ0v) is 17.8. The Morgan fingerprint density at radius 1 is 0.967 bits per heavy atom. The summed E-state index contributed by atoms with van der Waals surface area (Å²) in [6, 6.07) is 14.8. The Kier molecular flexibility index (Phi) is 7.23. The quantitative estimate of drug-likeness (QED) is 0.707. The topological polar surface area (TPSA) is 95.6 Å². The van der Waals surface area contributed by atoms with Crippen LogP contribution in [-0.2, 0) is 14.8 Å². The summed E-state index contributed by atoms with van der Waals surface area (Å²) in [5, 5.41) is 5.72. The maximum atomic E-state index is 12.7. The van der Waals surface area contributed by atoms with Crippen LogP contribution in [0.25, 0.3) is 0 Å². The third kappa shape index (κ3) is 5.46. The Bertz CT molecular complexity index is 986. The van der Waals surface area contributed by atoms with Crippen molar-refractivity contribution in [3.8, 4) is 0 Å². The van der Waals surface area contributed by atoms with Crippen LogP contribution in [0.4, 0.5) is 5.69 Å². The molecule has 2 N–H and O–H groups in total. The van der Waals surface area contributed by atoms with E-state index in [2.05, 4.69) is 10.6 Å². The predicted octanol–water partition coefficient (Wildman–Crippen LogP) is 3.01. The monoisotopic (exact) mass is 429 g/mol. The van der Waals surface area contributed by atoms with Crippen LogP contribution in [0.5, 0.6) is 0 Å². The van der Waals surface area contributed by atoms with E-state index in [-0.39, 0.29) is 23.4 Å². The molecule has 0 unspecified atom stereocenters. The molecule has 0 saturated heterocycles. The van der Waals surface area contributed by atoms with E-state index in [9.17, 15) is 18.0 Å². The number of nitrogens with zero attached hydrogens (tertiary/aromatic N) is 1. The van der Waals surface area contributed by atoms with Crippen molar-refractivity contribution in [2.24, 2.45) is 0 Å². The third-order valence-electron chi connectivity index (χ3n) is 5.20. The van der Waals surface area contributed by atoms with E-state index < -0.39 is 15.9 Å². The van der Waals surface area contributed by atoms with Crippen LogP contribution in [0.1, 0.15) is 42.5 Å². The van der Waals surface area contributed by atoms with Gasteiger partial charge in [-0.05, 0) is 37.1 Å². The zero-order chi connectivity index (χ0) is 21.6. The molecule has 3 rings (SSSR count). The summed E-state index contributed by atoms with van der Waals surface area (Å²) in [7, 11) is -2.43. The number of carbonyl (C=O) groups excluding carboxylic acids is 2. The number of anilines is 1. The van der Waals surface area contributed by atoms with Crippen molar-refractivity contribution in [2.45, 2.75) is 43.0 Å². The van der Waals surface area contributed by atoms with E-state index in [0.29, 0.717) is 11.3 Å². The summed E-state index contributed by atoms with van der Waals surface area (Å²) >= 11 is 0. The number of sulfonamides is 1. The molecule has 0 radical (unpaired) electrons. The predicted molar refractivity (Wildman–Crippen MR) is 116 cm³/mol. The molecule has 7 nitrogen and oxygen atoms in total. The fourth-order valence-electron chi connectivity index (χ4n) is 3.55. The Balaban J connectivity index is 1.66. The summed E-state index contributed by atoms with van der Waals surface area (Å²) in [4.78, 5) is 25.3. The highest BCUT2D eigenvalue weighted by Gasteiger charge is 2.24. The first kappa shape index (κ1) is 22.0. The Hall–Kier alpha value is -2.71. The van der Waals surface area contributed by atoms with Gasteiger partial charge in [-0.15, -0.1) is 0 Å². The molecule has 0 atom stereocenters. The second-order valence-electron chi connectivity index (χ2n) is 7.48. The van der Waals surface area contributed by atoms with Crippen LogP contribution >= 0.6 is 0 Å². The summed E-state index contributed by atoms with van der Waals surface area (Å²) in [6.07, 6.45) is 5.32. The van der Waals surface area contributed by atoms with Gasteiger partial charge < -0.3 is 10.6 Å². The molecule has 1 aliphatic carbocycles. The number of amides is 2. The average Bonchev–Trinajstić information content (AvgIpc) is 2.75. The van der Waals surface area contributed by atoms with Gasteiger partial charge in [0.05, 0.1) is 22.7 Å². The van der Waals surface area contributed by atoms with E-state index >= 15 is 0 Å². The molecule has 0 aromatic heterocycles. The maximum Gasteiger partial charge on any atom is 0.253 e. The highest BCUT2D eigenvalue weighted by Crippen LogP contribution is 2.20. The Labute approximate surface area is 177 Å². The third-order valence-corrected chi connectivity index (χ3v) is 7.02. The van der Waals surface area contributed by atoms with Crippen molar-refractivity contribution in [3.63, 3.8) is 0 Å². The van der Waals surface area contributed by atoms with Crippen LogP contribution < -0.4 is 10.6 Å². The normalized spacial score (nSPS) is 15.0. The minimum absolute atomic E-state index is 0.118. The van der Waals surface area contributed by atoms with E-state index in [1.165, 1.54) is 25.6 Å². The molecule has 1 aliphatic rings. The van der Waals surface area contributed by atoms with Gasteiger partial charge in [0.1, 0.15) is 0 Å². The number of carbonyl (C=O) groups is 2. The van der Waals surface area contributed by atoms with Crippen molar-refractivity contribution in [3.05, 3.63) is 60.2 Å². The minimum atomic E-state index is -3.78. The number of likely N-dealkylation sites (N-methyl/N-ethyl adjacent to an activating group) is 1. The van der Waals surface area contributed by atoms with E-state index in [1.807, 2.05) is 0 Å². The van der Waals surface area contributed by atoms with Crippen molar-refractivity contribution in [1.82, 2.24) is 9.62 Å². The fourth-order valence-corrected chi connectivity index (χ4v) is 4.70. The van der Waals surface area contributed by atoms with Gasteiger partial charge in [0.2, 0.25) is 15.9 Å². The smallest absolute Gasteiger partial charge is 0.253 e. The average molecular weight is 430 g/mol. The second kappa shape index (κ2) is 9.86. The van der Waals surface area contributed by atoms with E-state index in [0.717, 1.165) is 30.0 Å². The first-order valence-electron chi connectivity index (χ1n) is 10.1. The lowest BCUT2D eigenvalue weighted by molar-refractivity contribution is -0.116. The van der Waals surface area contributed by atoms with Crippen LogP contribution in [0.3, 0.4) is 0 Å². The van der Waals surface area contributed by atoms with Crippen molar-refractivity contribution >= 4 is 27.5 Å². The number of hydrogen-bond donors (Lipinski definition) is 2. The standard InChI is InChI=1S/C22H27N3O4S/c1-25(30(28,29)18-12-6-3-7-13-18)16-21(26)24-20-15-9-8-14-19(20)22(27)23-17-10-4-2-5-11-17/h3,6-9,12-15,17H,2,4-5,10-11,16H2,1H3,(H,23,27)(H,24,26). The molecule has 0 spiro atoms. The molecule has 2 aromatic rings. The highest BCUT2D eigenvalue weighted by atomic mass is 32.2. The number of rotatable bonds is 7. The molecule has 0 bridgehead atoms. The molecular formula is C22H27N3O4S. The fraction of sp³-hybridized carbons (Fsp3) is 0.364. The van der Waals surface area contributed by atoms with Crippen molar-refractivity contribution in [1.29, 1.82) is 0 Å². The molecule has 30 heavy (non-hydrogen) atoms. The van der Waals surface area contributed by atoms with Crippen LogP contribution in [0, 0.1) is 0 Å². The van der Waals surface area contributed by atoms with Crippen molar-refractivity contribution in [2.75, 3.05) is 18.9 Å². The van der Waals surface area contributed by atoms with Crippen LogP contribution in [-0.4, -0.2) is 44.2 Å². The van der Waals surface area contributed by atoms with E-state index in [1.54, 1.807) is 42.5 Å². The lowest BCUT2D eigenvalue weighted by Crippen LogP contribution is -2.37. The molecule has 1 fully saturated rings. The van der Waals surface area contributed by atoms with Gasteiger partial charge in [-0.1, -0.05) is 49.6 Å². The number of para-hydroxylation sites is 1. The second-order valence-corrected chi connectivity index (χ2v) is 9.52. The summed E-state index contributed by atoms with van der Waals surface area (Å²) < 4.78 is 26.2. The molecule has 160 valence electrons. The van der Waals surface area contributed by atoms with Gasteiger partial charge in [-0.3, -0.25) is 9.59 Å². The molecule has 1 saturated carbocycles. The SMILES string of the molecule is CN(CC(=O)Nc1ccccc1C(=O)NC1CCCCC1)S(=O)(=O)c1ccccc1. The molecule has 2 amide bonds. The Morgan fingerprint density at radius 3 is 2.30 bits per heavy atom. The zero-order valence-electron chi connectivity index (χ0n) is 17.0. The summed E-state index contributed by atoms with van der Waals surface area (Å²) in [6.45, 7) is -0.365. The van der Waals surface area contributed by atoms with Crippen LogP contribution in [0.2, 0.25) is 0 Å². The molecule has 0 aliphatic heterocycles. The van der Waals surface area contributed by atoms with Gasteiger partial charge >= 0.3 is 0 Å². The first-order valence-corrected chi connectivity index (χ1v) is 11.5. The first-order chi connectivity index (χ1) is 14.4. The van der Waals surface area contributed by atoms with Gasteiger partial charge in [0, 0.05) is 13.1 Å². The molecule has 0 heterocycles. The summed E-state index contributed by atoms with van der Waals surface area (Å²) in [5.41, 5.74) is 0.728. The molecule has 8 heteroatoms. The molecule has 2 aromatic carbocycles. The van der Waals surface area contributed by atoms with Gasteiger partial charge in [-0.2, -0.15) is 4.31 Å². The van der Waals surface area contributed by atoms with Crippen molar-refractivity contribution < 1.29 is 18.0 Å². The van der Waals surface area contributed by atoms with Crippen LogP contribution in [0.15, 0.2) is 59.5 Å². The van der Waals surface area contributed by atoms with Gasteiger partial charge in [0.25, 0.3) is 5.91 Å². The maximum absolute atomic E-state index is 12.7. The minimum Gasteiger partial charge on any atom is -0.349 e. The Morgan fingerprint density at radius 2 is 1.60 bits per heavy atom. The van der Waals surface area contributed by atoms with E-state index in [4.69, 9.17) is 0 Å². The molecular weight excluding hydrogens is 402 g/mol.